The van der Waals surface area contributed by atoms with Crippen molar-refractivity contribution >= 4 is 5.69 Å². The highest BCUT2D eigenvalue weighted by Crippen LogP contribution is 2.33. The van der Waals surface area contributed by atoms with Crippen molar-refractivity contribution in [3.63, 3.8) is 0 Å². The fourth-order valence-electron chi connectivity index (χ4n) is 1.84. The number of nitrogen functional groups attached to an aromatic ring is 1. The molecule has 5 heteroatoms. The van der Waals surface area contributed by atoms with Crippen LogP contribution in [-0.4, -0.2) is 9.78 Å². The van der Waals surface area contributed by atoms with Gasteiger partial charge in [0.2, 0.25) is 5.88 Å². The van der Waals surface area contributed by atoms with Gasteiger partial charge in [0.25, 0.3) is 0 Å². The lowest BCUT2D eigenvalue weighted by molar-refractivity contribution is 0.428. The van der Waals surface area contributed by atoms with E-state index in [4.69, 9.17) is 10.5 Å². The van der Waals surface area contributed by atoms with E-state index in [-0.39, 0.29) is 11.7 Å². The Morgan fingerprint density at radius 3 is 2.58 bits per heavy atom. The SMILES string of the molecule is Cc1ccc(Oc2c(N)c(C(C)C)nn2C)cc1F. The molecule has 1 heterocycles. The molecule has 4 nitrogen and oxygen atoms in total. The van der Waals surface area contributed by atoms with Crippen LogP contribution in [0.15, 0.2) is 18.2 Å². The summed E-state index contributed by atoms with van der Waals surface area (Å²) in [5, 5.41) is 4.32. The van der Waals surface area contributed by atoms with Gasteiger partial charge in [-0.2, -0.15) is 5.10 Å². The Kier molecular flexibility index (Phi) is 3.46. The molecule has 2 rings (SSSR count). The molecule has 2 N–H and O–H groups in total. The summed E-state index contributed by atoms with van der Waals surface area (Å²) in [5.41, 5.74) is 7.88. The number of halogens is 1. The van der Waals surface area contributed by atoms with E-state index < -0.39 is 0 Å². The second-order valence-electron chi connectivity index (χ2n) is 4.90. The van der Waals surface area contributed by atoms with E-state index in [2.05, 4.69) is 5.10 Å². The molecule has 0 amide bonds. The molecule has 0 saturated carbocycles. The summed E-state index contributed by atoms with van der Waals surface area (Å²) < 4.78 is 20.7. The molecule has 0 saturated heterocycles. The van der Waals surface area contributed by atoms with Gasteiger partial charge in [-0.15, -0.1) is 0 Å². The maximum absolute atomic E-state index is 13.5. The van der Waals surface area contributed by atoms with Gasteiger partial charge in [0.1, 0.15) is 17.3 Å². The van der Waals surface area contributed by atoms with Gasteiger partial charge in [-0.1, -0.05) is 19.9 Å². The Bertz CT molecular complexity index is 605. The van der Waals surface area contributed by atoms with Gasteiger partial charge >= 0.3 is 0 Å². The van der Waals surface area contributed by atoms with Crippen molar-refractivity contribution in [1.82, 2.24) is 9.78 Å². The molecule has 19 heavy (non-hydrogen) atoms. The molecule has 0 aliphatic rings. The second-order valence-corrected chi connectivity index (χ2v) is 4.90. The lowest BCUT2D eigenvalue weighted by atomic mass is 10.1. The number of anilines is 1. The van der Waals surface area contributed by atoms with Crippen LogP contribution in [0, 0.1) is 12.7 Å². The number of rotatable bonds is 3. The Morgan fingerprint density at radius 2 is 2.05 bits per heavy atom. The lowest BCUT2D eigenvalue weighted by Gasteiger charge is -2.07. The number of nitrogens with two attached hydrogens (primary N) is 1. The van der Waals surface area contributed by atoms with E-state index in [1.54, 1.807) is 30.8 Å². The second kappa shape index (κ2) is 4.91. The zero-order valence-electron chi connectivity index (χ0n) is 11.6. The van der Waals surface area contributed by atoms with Crippen molar-refractivity contribution in [2.45, 2.75) is 26.7 Å². The minimum Gasteiger partial charge on any atom is -0.437 e. The van der Waals surface area contributed by atoms with E-state index in [0.29, 0.717) is 22.9 Å². The number of hydrogen-bond donors (Lipinski definition) is 1. The third-order valence-corrected chi connectivity index (χ3v) is 2.96. The Hall–Kier alpha value is -2.04. The number of ether oxygens (including phenoxy) is 1. The summed E-state index contributed by atoms with van der Waals surface area (Å²) in [6, 6.07) is 4.72. The first-order valence-corrected chi connectivity index (χ1v) is 6.16. The average molecular weight is 263 g/mol. The van der Waals surface area contributed by atoms with Gasteiger partial charge < -0.3 is 10.5 Å². The van der Waals surface area contributed by atoms with Crippen molar-refractivity contribution in [2.24, 2.45) is 7.05 Å². The van der Waals surface area contributed by atoms with E-state index in [9.17, 15) is 4.39 Å². The minimum atomic E-state index is -0.303. The van der Waals surface area contributed by atoms with Crippen molar-refractivity contribution in [2.75, 3.05) is 5.73 Å². The summed E-state index contributed by atoms with van der Waals surface area (Å²) in [4.78, 5) is 0. The van der Waals surface area contributed by atoms with Gasteiger partial charge in [-0.3, -0.25) is 0 Å². The zero-order chi connectivity index (χ0) is 14.2. The van der Waals surface area contributed by atoms with Gasteiger partial charge in [0.15, 0.2) is 0 Å². The molecule has 0 aliphatic heterocycles. The van der Waals surface area contributed by atoms with E-state index >= 15 is 0 Å². The molecule has 0 bridgehead atoms. The predicted octanol–water partition coefficient (Wildman–Crippen LogP) is 3.37. The van der Waals surface area contributed by atoms with E-state index in [1.807, 2.05) is 13.8 Å². The maximum atomic E-state index is 13.5. The zero-order valence-corrected chi connectivity index (χ0v) is 11.6. The third-order valence-electron chi connectivity index (χ3n) is 2.96. The van der Waals surface area contributed by atoms with Crippen molar-refractivity contribution < 1.29 is 9.13 Å². The fourth-order valence-corrected chi connectivity index (χ4v) is 1.84. The number of aryl methyl sites for hydroxylation is 2. The van der Waals surface area contributed by atoms with Crippen molar-refractivity contribution in [1.29, 1.82) is 0 Å². The molecule has 2 aromatic rings. The van der Waals surface area contributed by atoms with Crippen LogP contribution in [0.2, 0.25) is 0 Å². The van der Waals surface area contributed by atoms with Gasteiger partial charge in [-0.25, -0.2) is 9.07 Å². The first-order chi connectivity index (χ1) is 8.90. The van der Waals surface area contributed by atoms with Gasteiger partial charge in [0.05, 0.1) is 5.69 Å². The summed E-state index contributed by atoms with van der Waals surface area (Å²) in [6.07, 6.45) is 0. The standard InChI is InChI=1S/C14H18FN3O/c1-8(2)13-12(16)14(18(4)17-13)19-10-6-5-9(3)11(15)7-10/h5-8H,16H2,1-4H3. The normalized spacial score (nSPS) is 11.1. The first-order valence-electron chi connectivity index (χ1n) is 6.16. The smallest absolute Gasteiger partial charge is 0.241 e. The molecule has 0 spiro atoms. The highest BCUT2D eigenvalue weighted by Gasteiger charge is 2.17. The van der Waals surface area contributed by atoms with Crippen LogP contribution in [0.5, 0.6) is 11.6 Å². The molecular formula is C14H18FN3O. The number of benzene rings is 1. The van der Waals surface area contributed by atoms with Crippen LogP contribution in [0.4, 0.5) is 10.1 Å². The molecule has 1 aromatic heterocycles. The highest BCUT2D eigenvalue weighted by molar-refractivity contribution is 5.55. The first kappa shape index (κ1) is 13.4. The van der Waals surface area contributed by atoms with Crippen LogP contribution in [0.25, 0.3) is 0 Å². The number of hydrogen-bond acceptors (Lipinski definition) is 3. The molecule has 0 radical (unpaired) electrons. The predicted molar refractivity (Wildman–Crippen MR) is 72.9 cm³/mol. The summed E-state index contributed by atoms with van der Waals surface area (Å²) in [7, 11) is 1.75. The average Bonchev–Trinajstić information content (AvgIpc) is 2.62. The molecule has 0 fully saturated rings. The number of nitrogens with zero attached hydrogens (tertiary/aromatic N) is 2. The van der Waals surface area contributed by atoms with Gasteiger partial charge in [0, 0.05) is 13.1 Å². The maximum Gasteiger partial charge on any atom is 0.241 e. The molecule has 102 valence electrons. The quantitative estimate of drug-likeness (QED) is 0.923. The summed E-state index contributed by atoms with van der Waals surface area (Å²) in [6.45, 7) is 5.72. The van der Waals surface area contributed by atoms with Crippen LogP contribution >= 0.6 is 0 Å². The monoisotopic (exact) mass is 263 g/mol. The minimum absolute atomic E-state index is 0.207. The van der Waals surface area contributed by atoms with Crippen LogP contribution in [-0.2, 0) is 7.05 Å². The van der Waals surface area contributed by atoms with Crippen LogP contribution < -0.4 is 10.5 Å². The van der Waals surface area contributed by atoms with Crippen LogP contribution in [0.1, 0.15) is 31.0 Å². The molecule has 1 aromatic carbocycles. The fraction of sp³-hybridized carbons (Fsp3) is 0.357. The lowest BCUT2D eigenvalue weighted by Crippen LogP contribution is -1.97. The largest absolute Gasteiger partial charge is 0.437 e. The Morgan fingerprint density at radius 1 is 1.37 bits per heavy atom. The molecule has 0 unspecified atom stereocenters. The van der Waals surface area contributed by atoms with E-state index in [1.165, 1.54) is 6.07 Å². The Balaban J connectivity index is 2.35. The topological polar surface area (TPSA) is 53.1 Å². The van der Waals surface area contributed by atoms with Gasteiger partial charge in [-0.05, 0) is 24.5 Å². The molecular weight excluding hydrogens is 245 g/mol. The Labute approximate surface area is 112 Å². The van der Waals surface area contributed by atoms with Crippen molar-refractivity contribution in [3.05, 3.63) is 35.3 Å². The molecule has 0 atom stereocenters. The third kappa shape index (κ3) is 2.54. The van der Waals surface area contributed by atoms with Crippen LogP contribution in [0.3, 0.4) is 0 Å². The number of aromatic nitrogens is 2. The highest BCUT2D eigenvalue weighted by atomic mass is 19.1. The summed E-state index contributed by atoms with van der Waals surface area (Å²) in [5.74, 6) is 0.751. The summed E-state index contributed by atoms with van der Waals surface area (Å²) >= 11 is 0. The van der Waals surface area contributed by atoms with Crippen molar-refractivity contribution in [3.8, 4) is 11.6 Å². The van der Waals surface area contributed by atoms with E-state index in [0.717, 1.165) is 5.69 Å². The molecule has 0 aliphatic carbocycles.